The van der Waals surface area contributed by atoms with E-state index in [1.54, 1.807) is 31.2 Å². The maximum absolute atomic E-state index is 12.3. The minimum atomic E-state index is -0.467. The highest BCUT2D eigenvalue weighted by Crippen LogP contribution is 2.29. The van der Waals surface area contributed by atoms with Crippen LogP contribution >= 0.6 is 11.3 Å². The number of methoxy groups -OCH3 is 2. The van der Waals surface area contributed by atoms with Gasteiger partial charge in [-0.2, -0.15) is 5.10 Å². The summed E-state index contributed by atoms with van der Waals surface area (Å²) in [5.74, 6) is 0.197. The Morgan fingerprint density at radius 3 is 2.60 bits per heavy atom. The second-order valence-corrected chi connectivity index (χ2v) is 7.23. The van der Waals surface area contributed by atoms with E-state index < -0.39 is 11.8 Å². The van der Waals surface area contributed by atoms with Crippen molar-refractivity contribution in [3.8, 4) is 17.2 Å². The van der Waals surface area contributed by atoms with Gasteiger partial charge in [-0.1, -0.05) is 0 Å². The second kappa shape index (κ2) is 9.27. The Hall–Kier alpha value is -3.59. The number of hydrogen-bond acceptors (Lipinski definition) is 7. The molecule has 156 valence electrons. The van der Waals surface area contributed by atoms with Gasteiger partial charge in [-0.25, -0.2) is 5.43 Å². The zero-order chi connectivity index (χ0) is 21.7. The van der Waals surface area contributed by atoms with E-state index in [2.05, 4.69) is 15.8 Å². The molecule has 3 N–H and O–H groups in total. The van der Waals surface area contributed by atoms with E-state index in [4.69, 9.17) is 9.47 Å². The van der Waals surface area contributed by atoms with Crippen LogP contribution in [0.1, 0.15) is 22.8 Å². The van der Waals surface area contributed by atoms with Gasteiger partial charge in [-0.15, -0.1) is 11.3 Å². The lowest BCUT2D eigenvalue weighted by atomic mass is 10.1. The molecule has 8 nitrogen and oxygen atoms in total. The molecule has 1 aromatic heterocycles. The van der Waals surface area contributed by atoms with Gasteiger partial charge in [-0.05, 0) is 43.3 Å². The van der Waals surface area contributed by atoms with Crippen molar-refractivity contribution >= 4 is 38.9 Å². The number of carbonyl (C=O) groups is 2. The van der Waals surface area contributed by atoms with Crippen LogP contribution in [0.25, 0.3) is 10.1 Å². The summed E-state index contributed by atoms with van der Waals surface area (Å²) in [5, 5.41) is 19.1. The molecule has 0 unspecified atom stereocenters. The van der Waals surface area contributed by atoms with Gasteiger partial charge in [0.2, 0.25) is 0 Å². The SMILES string of the molecule is COc1ccc(C(=O)NCC(=O)N/N=C(\C)c2csc3ccc(O)cc23)cc1OC. The van der Waals surface area contributed by atoms with Crippen molar-refractivity contribution in [2.24, 2.45) is 5.10 Å². The summed E-state index contributed by atoms with van der Waals surface area (Å²) >= 11 is 1.52. The smallest absolute Gasteiger partial charge is 0.259 e. The molecule has 0 radical (unpaired) electrons. The Bertz CT molecular complexity index is 1120. The molecule has 9 heteroatoms. The number of fused-ring (bicyclic) bond motifs is 1. The maximum Gasteiger partial charge on any atom is 0.259 e. The molecule has 0 spiro atoms. The van der Waals surface area contributed by atoms with Gasteiger partial charge in [0.15, 0.2) is 11.5 Å². The number of amides is 2. The Kier molecular flexibility index (Phi) is 6.53. The van der Waals surface area contributed by atoms with Crippen molar-refractivity contribution in [1.29, 1.82) is 0 Å². The van der Waals surface area contributed by atoms with E-state index in [1.165, 1.54) is 31.6 Å². The van der Waals surface area contributed by atoms with Crippen molar-refractivity contribution in [1.82, 2.24) is 10.7 Å². The number of ether oxygens (including phenoxy) is 2. The number of benzene rings is 2. The lowest BCUT2D eigenvalue weighted by Crippen LogP contribution is -2.35. The lowest BCUT2D eigenvalue weighted by Gasteiger charge is -2.09. The first-order valence-corrected chi connectivity index (χ1v) is 9.85. The monoisotopic (exact) mass is 427 g/mol. The van der Waals surface area contributed by atoms with E-state index >= 15 is 0 Å². The molecule has 0 aliphatic carbocycles. The highest BCUT2D eigenvalue weighted by Gasteiger charge is 2.12. The molecule has 0 aliphatic rings. The molecule has 3 aromatic rings. The second-order valence-electron chi connectivity index (χ2n) is 6.31. The number of rotatable bonds is 7. The summed E-state index contributed by atoms with van der Waals surface area (Å²) in [6.07, 6.45) is 0. The highest BCUT2D eigenvalue weighted by molar-refractivity contribution is 7.17. The quantitative estimate of drug-likeness (QED) is 0.397. The molecule has 0 aliphatic heterocycles. The minimum absolute atomic E-state index is 0.164. The fourth-order valence-electron chi connectivity index (χ4n) is 2.78. The van der Waals surface area contributed by atoms with Crippen LogP contribution in [0, 0.1) is 0 Å². The normalized spacial score (nSPS) is 11.2. The van der Waals surface area contributed by atoms with Crippen LogP contribution in [0.3, 0.4) is 0 Å². The molecule has 0 fully saturated rings. The van der Waals surface area contributed by atoms with Crippen molar-refractivity contribution in [3.05, 3.63) is 52.9 Å². The number of aromatic hydroxyl groups is 1. The van der Waals surface area contributed by atoms with Crippen LogP contribution in [0.5, 0.6) is 17.2 Å². The van der Waals surface area contributed by atoms with Crippen LogP contribution in [-0.2, 0) is 4.79 Å². The Morgan fingerprint density at radius 2 is 1.87 bits per heavy atom. The largest absolute Gasteiger partial charge is 0.508 e. The van der Waals surface area contributed by atoms with E-state index in [0.29, 0.717) is 22.8 Å². The molecule has 0 saturated carbocycles. The van der Waals surface area contributed by atoms with E-state index in [1.807, 2.05) is 11.4 Å². The third kappa shape index (κ3) is 4.69. The Labute approximate surface area is 177 Å². The van der Waals surface area contributed by atoms with Gasteiger partial charge in [0, 0.05) is 26.6 Å². The number of phenolic OH excluding ortho intramolecular Hbond substituents is 1. The minimum Gasteiger partial charge on any atom is -0.508 e. The number of nitrogens with one attached hydrogen (secondary N) is 2. The Balaban J connectivity index is 1.60. The van der Waals surface area contributed by atoms with Gasteiger partial charge in [0.25, 0.3) is 11.8 Å². The first-order valence-electron chi connectivity index (χ1n) is 8.97. The first kappa shape index (κ1) is 21.1. The fraction of sp³-hybridized carbons (Fsp3) is 0.190. The molecule has 1 heterocycles. The third-order valence-corrected chi connectivity index (χ3v) is 5.31. The predicted octanol–water partition coefficient (Wildman–Crippen LogP) is 2.89. The van der Waals surface area contributed by atoms with E-state index in [9.17, 15) is 14.7 Å². The summed E-state index contributed by atoms with van der Waals surface area (Å²) < 4.78 is 11.3. The van der Waals surface area contributed by atoms with Crippen LogP contribution in [0.15, 0.2) is 46.9 Å². The number of hydrazone groups is 1. The van der Waals surface area contributed by atoms with Crippen molar-refractivity contribution < 1.29 is 24.2 Å². The van der Waals surface area contributed by atoms with Gasteiger partial charge in [-0.3, -0.25) is 9.59 Å². The van der Waals surface area contributed by atoms with Crippen LogP contribution in [0.2, 0.25) is 0 Å². The number of carbonyl (C=O) groups excluding carboxylic acids is 2. The summed E-state index contributed by atoms with van der Waals surface area (Å²) in [6, 6.07) is 9.83. The standard InChI is InChI=1S/C21H21N3O5S/c1-12(16-11-30-19-7-5-14(25)9-15(16)19)23-24-20(26)10-22-21(27)13-4-6-17(28-2)18(8-13)29-3/h4-9,11,25H,10H2,1-3H3,(H,22,27)(H,24,26)/b23-12+. The number of thiophene rings is 1. The molecule has 0 saturated heterocycles. The molecular formula is C21H21N3O5S. The molecular weight excluding hydrogens is 406 g/mol. The summed E-state index contributed by atoms with van der Waals surface area (Å²) in [6.45, 7) is 1.52. The molecule has 0 bridgehead atoms. The summed E-state index contributed by atoms with van der Waals surface area (Å²) in [4.78, 5) is 24.4. The number of nitrogens with zero attached hydrogens (tertiary/aromatic N) is 1. The van der Waals surface area contributed by atoms with Crippen LogP contribution in [0.4, 0.5) is 0 Å². The fourth-order valence-corrected chi connectivity index (χ4v) is 3.77. The van der Waals surface area contributed by atoms with Gasteiger partial charge in [0.05, 0.1) is 26.5 Å². The number of phenols is 1. The lowest BCUT2D eigenvalue weighted by molar-refractivity contribution is -0.120. The average molecular weight is 427 g/mol. The Morgan fingerprint density at radius 1 is 1.10 bits per heavy atom. The molecule has 2 aromatic carbocycles. The maximum atomic E-state index is 12.3. The average Bonchev–Trinajstić information content (AvgIpc) is 3.18. The predicted molar refractivity (Wildman–Crippen MR) is 116 cm³/mol. The summed E-state index contributed by atoms with van der Waals surface area (Å²) in [5.41, 5.74) is 4.18. The highest BCUT2D eigenvalue weighted by atomic mass is 32.1. The van der Waals surface area contributed by atoms with Crippen LogP contribution < -0.4 is 20.2 Å². The topological polar surface area (TPSA) is 109 Å². The summed E-state index contributed by atoms with van der Waals surface area (Å²) in [7, 11) is 2.98. The molecule has 0 atom stereocenters. The van der Waals surface area contributed by atoms with Crippen molar-refractivity contribution in [3.63, 3.8) is 0 Å². The van der Waals surface area contributed by atoms with Crippen molar-refractivity contribution in [2.75, 3.05) is 20.8 Å². The van der Waals surface area contributed by atoms with Gasteiger partial charge in [0.1, 0.15) is 5.75 Å². The first-order chi connectivity index (χ1) is 14.4. The molecule has 2 amide bonds. The molecule has 30 heavy (non-hydrogen) atoms. The zero-order valence-electron chi connectivity index (χ0n) is 16.7. The van der Waals surface area contributed by atoms with E-state index in [-0.39, 0.29) is 12.3 Å². The van der Waals surface area contributed by atoms with E-state index in [0.717, 1.165) is 15.6 Å². The molecule has 3 rings (SSSR count). The van der Waals surface area contributed by atoms with Gasteiger partial charge < -0.3 is 19.9 Å². The van der Waals surface area contributed by atoms with Gasteiger partial charge >= 0.3 is 0 Å². The number of hydrogen-bond donors (Lipinski definition) is 3. The van der Waals surface area contributed by atoms with Crippen molar-refractivity contribution in [2.45, 2.75) is 6.92 Å². The third-order valence-electron chi connectivity index (χ3n) is 4.35. The zero-order valence-corrected chi connectivity index (χ0v) is 17.5. The van der Waals surface area contributed by atoms with Crippen LogP contribution in [-0.4, -0.2) is 43.4 Å².